The molecule has 1 aromatic heterocycles. The molecule has 1 fully saturated rings. The van der Waals surface area contributed by atoms with Crippen molar-refractivity contribution in [2.75, 3.05) is 18.3 Å². The number of halogens is 1. The molecular weight excluding hydrogens is 495 g/mol. The first-order valence-electron chi connectivity index (χ1n) is 11.5. The van der Waals surface area contributed by atoms with Crippen LogP contribution in [-0.2, 0) is 20.5 Å². The van der Waals surface area contributed by atoms with E-state index in [4.69, 9.17) is 35.9 Å². The van der Waals surface area contributed by atoms with Crippen molar-refractivity contribution in [1.29, 1.82) is 0 Å². The fourth-order valence-electron chi connectivity index (χ4n) is 4.40. The Kier molecular flexibility index (Phi) is 8.54. The van der Waals surface area contributed by atoms with Crippen molar-refractivity contribution in [2.24, 2.45) is 4.99 Å². The van der Waals surface area contributed by atoms with Crippen molar-refractivity contribution in [3.63, 3.8) is 0 Å². The van der Waals surface area contributed by atoms with Gasteiger partial charge in [-0.05, 0) is 43.4 Å². The molecular formula is C23H30ClN4O6P. The van der Waals surface area contributed by atoms with Gasteiger partial charge in [0.1, 0.15) is 18.3 Å². The van der Waals surface area contributed by atoms with E-state index in [1.165, 1.54) is 0 Å². The maximum atomic E-state index is 10.9. The average Bonchev–Trinajstić information content (AvgIpc) is 3.01. The van der Waals surface area contributed by atoms with E-state index in [-0.39, 0.29) is 30.1 Å². The van der Waals surface area contributed by atoms with Crippen LogP contribution in [0.15, 0.2) is 35.3 Å². The van der Waals surface area contributed by atoms with Crippen molar-refractivity contribution >= 4 is 31.2 Å². The zero-order valence-electron chi connectivity index (χ0n) is 19.3. The largest absolute Gasteiger partial charge is 0.390 e. The lowest BCUT2D eigenvalue weighted by Gasteiger charge is -2.17. The van der Waals surface area contributed by atoms with E-state index < -0.39 is 26.2 Å². The highest BCUT2D eigenvalue weighted by molar-refractivity contribution is 7.51. The predicted molar refractivity (Wildman–Crippen MR) is 132 cm³/mol. The summed E-state index contributed by atoms with van der Waals surface area (Å²) in [5.74, 6) is 0.635. The molecule has 0 spiro atoms. The van der Waals surface area contributed by atoms with Crippen LogP contribution in [0.25, 0.3) is 0 Å². The van der Waals surface area contributed by atoms with Crippen molar-refractivity contribution in [1.82, 2.24) is 9.97 Å². The van der Waals surface area contributed by atoms with Gasteiger partial charge in [-0.3, -0.25) is 9.56 Å². The number of aliphatic hydroxyl groups excluding tert-OH is 1. The molecule has 0 unspecified atom stereocenters. The van der Waals surface area contributed by atoms with Crippen LogP contribution in [0.4, 0.5) is 5.82 Å². The van der Waals surface area contributed by atoms with Gasteiger partial charge in [0.05, 0.1) is 36.1 Å². The summed E-state index contributed by atoms with van der Waals surface area (Å²) in [5.41, 5.74) is 2.77. The highest BCUT2D eigenvalue weighted by Gasteiger charge is 2.36. The molecule has 1 saturated heterocycles. The second-order valence-corrected chi connectivity index (χ2v) is 10.9. The summed E-state index contributed by atoms with van der Waals surface area (Å²) >= 11 is 6.23. The third-order valence-corrected chi connectivity index (χ3v) is 6.84. The molecule has 190 valence electrons. The van der Waals surface area contributed by atoms with Crippen molar-refractivity contribution in [2.45, 2.75) is 63.0 Å². The molecule has 4 N–H and O–H groups in total. The minimum Gasteiger partial charge on any atom is -0.390 e. The molecule has 0 bridgehead atoms. The zero-order valence-corrected chi connectivity index (χ0v) is 21.0. The summed E-state index contributed by atoms with van der Waals surface area (Å²) in [6.07, 6.45) is 1.88. The Labute approximate surface area is 208 Å². The summed E-state index contributed by atoms with van der Waals surface area (Å²) in [7, 11) is -4.26. The van der Waals surface area contributed by atoms with Crippen LogP contribution < -0.4 is 5.32 Å². The molecule has 4 rings (SSSR count). The summed E-state index contributed by atoms with van der Waals surface area (Å²) in [4.78, 5) is 31.4. The summed E-state index contributed by atoms with van der Waals surface area (Å²) in [6, 6.07) is 10.0. The SMILES string of the molecule is C[C@H](Nc1nc(Cl)nc2c1C=N[C@@H](C[C@H]1C[C@H](O)[C@@H](COCP(=O)(O)O)O1)CC2)c1ccccc1. The number of aliphatic imine (C=N–C) groups is 1. The van der Waals surface area contributed by atoms with Crippen LogP contribution in [0.2, 0.25) is 5.28 Å². The molecule has 2 aliphatic rings. The fraction of sp³-hybridized carbons (Fsp3) is 0.522. The average molecular weight is 525 g/mol. The van der Waals surface area contributed by atoms with Gasteiger partial charge in [0.2, 0.25) is 5.28 Å². The maximum Gasteiger partial charge on any atom is 0.350 e. The molecule has 0 saturated carbocycles. The third kappa shape index (κ3) is 7.30. The molecule has 2 aromatic rings. The van der Waals surface area contributed by atoms with Crippen molar-refractivity contribution < 1.29 is 28.9 Å². The van der Waals surface area contributed by atoms with Gasteiger partial charge in [-0.1, -0.05) is 30.3 Å². The summed E-state index contributed by atoms with van der Waals surface area (Å²) in [5, 5.41) is 13.9. The Bertz CT molecular complexity index is 1090. The zero-order chi connectivity index (χ0) is 25.0. The second-order valence-electron chi connectivity index (χ2n) is 8.95. The molecule has 35 heavy (non-hydrogen) atoms. The van der Waals surface area contributed by atoms with E-state index in [1.807, 2.05) is 30.3 Å². The monoisotopic (exact) mass is 524 g/mol. The van der Waals surface area contributed by atoms with Gasteiger partial charge in [-0.25, -0.2) is 9.97 Å². The Balaban J connectivity index is 1.39. The third-order valence-electron chi connectivity index (χ3n) is 6.16. The number of ether oxygens (including phenoxy) is 2. The van der Waals surface area contributed by atoms with Crippen LogP contribution in [0.1, 0.15) is 49.0 Å². The topological polar surface area (TPSA) is 146 Å². The molecule has 10 nitrogen and oxygen atoms in total. The number of aliphatic hydroxyl groups is 1. The minimum atomic E-state index is -4.26. The Hall–Kier alpha value is -1.91. The van der Waals surface area contributed by atoms with Gasteiger partial charge in [0, 0.05) is 18.7 Å². The Morgan fingerprint density at radius 1 is 1.29 bits per heavy atom. The van der Waals surface area contributed by atoms with Crippen LogP contribution in [0, 0.1) is 0 Å². The lowest BCUT2D eigenvalue weighted by molar-refractivity contribution is -0.0409. The first-order chi connectivity index (χ1) is 16.7. The summed E-state index contributed by atoms with van der Waals surface area (Å²) < 4.78 is 21.9. The van der Waals surface area contributed by atoms with Gasteiger partial charge in [0.25, 0.3) is 0 Å². The van der Waals surface area contributed by atoms with E-state index in [2.05, 4.69) is 22.2 Å². The lowest BCUT2D eigenvalue weighted by atomic mass is 10.0. The van der Waals surface area contributed by atoms with Gasteiger partial charge >= 0.3 is 7.60 Å². The van der Waals surface area contributed by atoms with Crippen LogP contribution in [0.5, 0.6) is 0 Å². The van der Waals surface area contributed by atoms with Crippen molar-refractivity contribution in [3.05, 3.63) is 52.4 Å². The van der Waals surface area contributed by atoms with Crippen LogP contribution in [0.3, 0.4) is 0 Å². The number of aryl methyl sites for hydroxylation is 1. The second kappa shape index (κ2) is 11.4. The van der Waals surface area contributed by atoms with E-state index in [1.54, 1.807) is 6.21 Å². The first-order valence-corrected chi connectivity index (χ1v) is 13.7. The number of rotatable bonds is 9. The molecule has 3 heterocycles. The van der Waals surface area contributed by atoms with E-state index in [0.29, 0.717) is 25.1 Å². The summed E-state index contributed by atoms with van der Waals surface area (Å²) in [6.45, 7) is 1.97. The number of anilines is 1. The maximum absolute atomic E-state index is 10.9. The lowest BCUT2D eigenvalue weighted by Crippen LogP contribution is -2.27. The quantitative estimate of drug-likeness (QED) is 0.287. The number of benzene rings is 1. The van der Waals surface area contributed by atoms with Crippen LogP contribution in [-0.4, -0.2) is 68.4 Å². The number of hydrogen-bond donors (Lipinski definition) is 4. The highest BCUT2D eigenvalue weighted by atomic mass is 35.5. The number of hydrogen-bond acceptors (Lipinski definition) is 8. The van der Waals surface area contributed by atoms with Gasteiger partial charge < -0.3 is 29.7 Å². The Morgan fingerprint density at radius 3 is 2.80 bits per heavy atom. The normalized spacial score (nSPS) is 25.2. The molecule has 5 atom stereocenters. The van der Waals surface area contributed by atoms with E-state index in [9.17, 15) is 9.67 Å². The van der Waals surface area contributed by atoms with Gasteiger partial charge in [0.15, 0.2) is 0 Å². The number of fused-ring (bicyclic) bond motifs is 1. The Morgan fingerprint density at radius 2 is 2.06 bits per heavy atom. The molecule has 0 radical (unpaired) electrons. The molecule has 0 aliphatic carbocycles. The number of aromatic nitrogens is 2. The van der Waals surface area contributed by atoms with Crippen LogP contribution >= 0.6 is 19.2 Å². The highest BCUT2D eigenvalue weighted by Crippen LogP contribution is 2.35. The van der Waals surface area contributed by atoms with Gasteiger partial charge in [-0.2, -0.15) is 0 Å². The standard InChI is InChI=1S/C23H30ClN4O6P/c1-14(15-5-3-2-4-6-15)26-22-18-11-25-16(7-8-19(18)27-23(24)28-22)9-17-10-20(29)21(34-17)12-33-13-35(30,31)32/h2-6,11,14,16-17,20-21,29H,7-10,12-13H2,1H3,(H,26,27,28)(H2,30,31,32)/t14-,16+,17-,20-,21+/m0/s1. The van der Waals surface area contributed by atoms with Gasteiger partial charge in [-0.15, -0.1) is 0 Å². The molecule has 0 amide bonds. The molecule has 12 heteroatoms. The van der Waals surface area contributed by atoms with Crippen molar-refractivity contribution in [3.8, 4) is 0 Å². The van der Waals surface area contributed by atoms with E-state index >= 15 is 0 Å². The fourth-order valence-corrected chi connectivity index (χ4v) is 4.93. The number of nitrogens with zero attached hydrogens (tertiary/aromatic N) is 3. The minimum absolute atomic E-state index is 0.0109. The number of nitrogens with one attached hydrogen (secondary N) is 1. The smallest absolute Gasteiger partial charge is 0.350 e. The molecule has 1 aromatic carbocycles. The van der Waals surface area contributed by atoms with E-state index in [0.717, 1.165) is 23.2 Å². The molecule has 2 aliphatic heterocycles. The first kappa shape index (κ1) is 26.2. The predicted octanol–water partition coefficient (Wildman–Crippen LogP) is 3.10.